The summed E-state index contributed by atoms with van der Waals surface area (Å²) in [6.45, 7) is 3.46. The van der Waals surface area contributed by atoms with Crippen LogP contribution in [0.5, 0.6) is 0 Å². The molecule has 0 aliphatic carbocycles. The number of hydrogen-bond acceptors (Lipinski definition) is 3. The molecule has 1 aromatic carbocycles. The fraction of sp³-hybridized carbons (Fsp3) is 0.333. The number of aryl methyl sites for hydroxylation is 1. The van der Waals surface area contributed by atoms with E-state index >= 15 is 0 Å². The van der Waals surface area contributed by atoms with Crippen LogP contribution in [0.3, 0.4) is 0 Å². The van der Waals surface area contributed by atoms with E-state index in [9.17, 15) is 14.0 Å². The van der Waals surface area contributed by atoms with Gasteiger partial charge in [0.05, 0.1) is 5.56 Å². The molecule has 1 atom stereocenters. The maximum atomic E-state index is 13.3. The van der Waals surface area contributed by atoms with Gasteiger partial charge in [-0.2, -0.15) is 0 Å². The van der Waals surface area contributed by atoms with Crippen molar-refractivity contribution in [2.75, 3.05) is 18.0 Å². The van der Waals surface area contributed by atoms with E-state index in [-0.39, 0.29) is 23.3 Å². The van der Waals surface area contributed by atoms with Crippen molar-refractivity contribution in [1.29, 1.82) is 0 Å². The summed E-state index contributed by atoms with van der Waals surface area (Å²) < 4.78 is 13.3. The van der Waals surface area contributed by atoms with Gasteiger partial charge in [0.1, 0.15) is 5.82 Å². The lowest BCUT2D eigenvalue weighted by molar-refractivity contribution is 0.0933. The molecule has 1 aliphatic rings. The molecule has 2 aromatic rings. The van der Waals surface area contributed by atoms with Crippen molar-refractivity contribution in [1.82, 2.24) is 10.3 Å². The number of nitrogens with zero attached hydrogens (tertiary/aromatic N) is 1. The van der Waals surface area contributed by atoms with Gasteiger partial charge in [0.15, 0.2) is 0 Å². The fourth-order valence-corrected chi connectivity index (χ4v) is 3.11. The van der Waals surface area contributed by atoms with E-state index in [0.29, 0.717) is 12.1 Å². The highest BCUT2D eigenvalue weighted by Crippen LogP contribution is 2.24. The number of nitrogens with one attached hydrogen (secondary N) is 2. The van der Waals surface area contributed by atoms with Crippen molar-refractivity contribution < 1.29 is 9.18 Å². The van der Waals surface area contributed by atoms with E-state index in [1.54, 1.807) is 6.07 Å². The van der Waals surface area contributed by atoms with Crippen LogP contribution in [0, 0.1) is 12.7 Å². The molecule has 2 N–H and O–H groups in total. The number of H-pyrrole nitrogens is 1. The van der Waals surface area contributed by atoms with Crippen LogP contribution in [0.2, 0.25) is 0 Å². The highest BCUT2D eigenvalue weighted by Gasteiger charge is 2.23. The van der Waals surface area contributed by atoms with Crippen LogP contribution in [-0.4, -0.2) is 30.0 Å². The molecule has 0 bridgehead atoms. The number of aromatic nitrogens is 1. The zero-order chi connectivity index (χ0) is 17.1. The minimum absolute atomic E-state index is 0.0163. The number of halogens is 1. The van der Waals surface area contributed by atoms with Crippen molar-refractivity contribution in [3.63, 3.8) is 0 Å². The summed E-state index contributed by atoms with van der Waals surface area (Å²) in [6.07, 6.45) is 3.27. The average Bonchev–Trinajstić information content (AvgIpc) is 2.55. The predicted octanol–water partition coefficient (Wildman–Crippen LogP) is 2.22. The molecule has 0 unspecified atom stereocenters. The first-order valence-electron chi connectivity index (χ1n) is 8.03. The van der Waals surface area contributed by atoms with Crippen LogP contribution in [0.25, 0.3) is 0 Å². The Balaban J connectivity index is 1.68. The molecule has 3 rings (SSSR count). The number of aromatic amines is 1. The van der Waals surface area contributed by atoms with Gasteiger partial charge >= 0.3 is 0 Å². The zero-order valence-corrected chi connectivity index (χ0v) is 13.5. The van der Waals surface area contributed by atoms with Crippen LogP contribution in [0.4, 0.5) is 10.1 Å². The summed E-state index contributed by atoms with van der Waals surface area (Å²) in [7, 11) is 0. The maximum absolute atomic E-state index is 13.3. The quantitative estimate of drug-likeness (QED) is 0.907. The second kappa shape index (κ2) is 6.86. The topological polar surface area (TPSA) is 65.2 Å². The third kappa shape index (κ3) is 3.64. The Hall–Kier alpha value is -2.63. The zero-order valence-electron chi connectivity index (χ0n) is 13.5. The molecule has 0 spiro atoms. The average molecular weight is 329 g/mol. The molecule has 0 saturated carbocycles. The molecule has 2 heterocycles. The predicted molar refractivity (Wildman–Crippen MR) is 90.9 cm³/mol. The smallest absolute Gasteiger partial charge is 0.253 e. The number of pyridine rings is 1. The van der Waals surface area contributed by atoms with E-state index in [4.69, 9.17) is 0 Å². The molecular formula is C18H20FN3O2. The molecule has 1 saturated heterocycles. The second-order valence-electron chi connectivity index (χ2n) is 6.13. The van der Waals surface area contributed by atoms with Gasteiger partial charge in [0, 0.05) is 37.1 Å². The minimum atomic E-state index is -0.240. The van der Waals surface area contributed by atoms with E-state index in [1.807, 2.05) is 6.92 Å². The number of carbonyl (C=O) groups is 1. The first kappa shape index (κ1) is 16.2. The standard InChI is InChI=1S/C18H20FN3O2/c1-12-9-14(19)5-6-16(12)22-8-2-3-15(11-22)21-18(24)13-4-7-17(23)20-10-13/h4-7,9-10,15H,2-3,8,11H2,1H3,(H,20,23)(H,21,24)/t15-/m1/s1. The van der Waals surface area contributed by atoms with E-state index in [0.717, 1.165) is 30.6 Å². The number of carbonyl (C=O) groups excluding carboxylic acids is 1. The normalized spacial score (nSPS) is 17.6. The minimum Gasteiger partial charge on any atom is -0.369 e. The molecular weight excluding hydrogens is 309 g/mol. The summed E-state index contributed by atoms with van der Waals surface area (Å²) >= 11 is 0. The lowest BCUT2D eigenvalue weighted by Gasteiger charge is -2.35. The molecule has 1 fully saturated rings. The molecule has 1 aliphatic heterocycles. The largest absolute Gasteiger partial charge is 0.369 e. The van der Waals surface area contributed by atoms with Gasteiger partial charge in [-0.1, -0.05) is 0 Å². The Kier molecular flexibility index (Phi) is 4.64. The molecule has 1 amide bonds. The molecule has 6 heteroatoms. The van der Waals surface area contributed by atoms with Crippen molar-refractivity contribution in [3.05, 3.63) is 63.8 Å². The van der Waals surface area contributed by atoms with Crippen LogP contribution < -0.4 is 15.8 Å². The van der Waals surface area contributed by atoms with Gasteiger partial charge in [-0.3, -0.25) is 9.59 Å². The van der Waals surface area contributed by atoms with Crippen molar-refractivity contribution >= 4 is 11.6 Å². The highest BCUT2D eigenvalue weighted by molar-refractivity contribution is 5.94. The third-order valence-corrected chi connectivity index (χ3v) is 4.30. The number of amides is 1. The summed E-state index contributed by atoms with van der Waals surface area (Å²) in [6, 6.07) is 7.64. The van der Waals surface area contributed by atoms with Gasteiger partial charge in [-0.05, 0) is 49.6 Å². The molecule has 5 nitrogen and oxygen atoms in total. The molecule has 1 aromatic heterocycles. The molecule has 126 valence electrons. The van der Waals surface area contributed by atoms with Gasteiger partial charge in [0.25, 0.3) is 5.91 Å². The number of piperidine rings is 1. The van der Waals surface area contributed by atoms with E-state index in [2.05, 4.69) is 15.2 Å². The lowest BCUT2D eigenvalue weighted by Crippen LogP contribution is -2.48. The SMILES string of the molecule is Cc1cc(F)ccc1N1CCC[C@@H](NC(=O)c2ccc(=O)[nH]c2)C1. The van der Waals surface area contributed by atoms with E-state index < -0.39 is 0 Å². The summed E-state index contributed by atoms with van der Waals surface area (Å²) in [5.41, 5.74) is 2.09. The van der Waals surface area contributed by atoms with Crippen molar-refractivity contribution in [2.24, 2.45) is 0 Å². The van der Waals surface area contributed by atoms with Crippen LogP contribution in [-0.2, 0) is 0 Å². The van der Waals surface area contributed by atoms with Crippen LogP contribution >= 0.6 is 0 Å². The van der Waals surface area contributed by atoms with Gasteiger partial charge in [-0.15, -0.1) is 0 Å². The summed E-state index contributed by atoms with van der Waals surface area (Å²) in [5, 5.41) is 3.01. The van der Waals surface area contributed by atoms with Gasteiger partial charge in [0.2, 0.25) is 5.56 Å². The Labute approximate surface area is 139 Å². The number of benzene rings is 1. The Morgan fingerprint density at radius 2 is 2.17 bits per heavy atom. The monoisotopic (exact) mass is 329 g/mol. The van der Waals surface area contributed by atoms with Crippen LogP contribution in [0.15, 0.2) is 41.3 Å². The Bertz CT molecular complexity index is 783. The van der Waals surface area contributed by atoms with E-state index in [1.165, 1.54) is 30.5 Å². The number of rotatable bonds is 3. The summed E-state index contributed by atoms with van der Waals surface area (Å²) in [4.78, 5) is 28.0. The lowest BCUT2D eigenvalue weighted by atomic mass is 10.0. The molecule has 0 radical (unpaired) electrons. The number of hydrogen-bond donors (Lipinski definition) is 2. The summed E-state index contributed by atoms with van der Waals surface area (Å²) in [5.74, 6) is -0.440. The third-order valence-electron chi connectivity index (χ3n) is 4.30. The highest BCUT2D eigenvalue weighted by atomic mass is 19.1. The number of anilines is 1. The Morgan fingerprint density at radius 3 is 2.88 bits per heavy atom. The van der Waals surface area contributed by atoms with Gasteiger partial charge in [-0.25, -0.2) is 4.39 Å². The Morgan fingerprint density at radius 1 is 1.33 bits per heavy atom. The van der Waals surface area contributed by atoms with Crippen molar-refractivity contribution in [3.8, 4) is 0 Å². The fourth-order valence-electron chi connectivity index (χ4n) is 3.11. The molecule has 24 heavy (non-hydrogen) atoms. The first-order chi connectivity index (χ1) is 11.5. The first-order valence-corrected chi connectivity index (χ1v) is 8.03. The van der Waals surface area contributed by atoms with Gasteiger partial charge < -0.3 is 15.2 Å². The maximum Gasteiger partial charge on any atom is 0.253 e. The second-order valence-corrected chi connectivity index (χ2v) is 6.13. The van der Waals surface area contributed by atoms with Crippen molar-refractivity contribution in [2.45, 2.75) is 25.8 Å². The van der Waals surface area contributed by atoms with Crippen LogP contribution in [0.1, 0.15) is 28.8 Å².